The summed E-state index contributed by atoms with van der Waals surface area (Å²) in [5.41, 5.74) is 16.3. The molecule has 2 aliphatic carbocycles. The van der Waals surface area contributed by atoms with Gasteiger partial charge in [0.25, 0.3) is 0 Å². The molecule has 5 aromatic carbocycles. The van der Waals surface area contributed by atoms with E-state index in [1.54, 1.807) is 0 Å². The van der Waals surface area contributed by atoms with Gasteiger partial charge in [-0.25, -0.2) is 0 Å². The molecule has 1 heterocycles. The van der Waals surface area contributed by atoms with Crippen molar-refractivity contribution in [2.45, 2.75) is 31.6 Å². The highest BCUT2D eigenvalue weighted by atomic mass is 15.4. The SMILES string of the molecule is CC1(C)c2ccccc2-c2cc3c4ccccc4n(N/C=C\C(=N)c4ccc(C5C=CC(c6ccccc6)=CC5)cc4)c3cc21. The Balaban J connectivity index is 1.03. The third-order valence-electron chi connectivity index (χ3n) is 9.69. The second kappa shape index (κ2) is 10.6. The van der Waals surface area contributed by atoms with Crippen molar-refractivity contribution in [3.63, 3.8) is 0 Å². The van der Waals surface area contributed by atoms with Gasteiger partial charge in [-0.05, 0) is 75.2 Å². The van der Waals surface area contributed by atoms with Gasteiger partial charge in [0.05, 0.1) is 16.7 Å². The van der Waals surface area contributed by atoms with E-state index in [4.69, 9.17) is 5.41 Å². The van der Waals surface area contributed by atoms with E-state index in [9.17, 15) is 0 Å². The van der Waals surface area contributed by atoms with Crippen LogP contribution in [0.25, 0.3) is 38.5 Å². The van der Waals surface area contributed by atoms with Crippen LogP contribution < -0.4 is 5.43 Å². The Hall–Kier alpha value is -5.41. The molecule has 1 unspecified atom stereocenters. The number of nitrogens with one attached hydrogen (secondary N) is 2. The first-order chi connectivity index (χ1) is 22.0. The molecule has 1 atom stereocenters. The number of hydrogen-bond donors (Lipinski definition) is 2. The number of benzene rings is 5. The summed E-state index contributed by atoms with van der Waals surface area (Å²) in [5, 5.41) is 11.2. The van der Waals surface area contributed by atoms with Gasteiger partial charge in [-0.15, -0.1) is 0 Å². The Bertz CT molecular complexity index is 2190. The van der Waals surface area contributed by atoms with Gasteiger partial charge in [0, 0.05) is 28.3 Å². The largest absolute Gasteiger partial charge is 0.301 e. The molecule has 0 aliphatic heterocycles. The van der Waals surface area contributed by atoms with Crippen molar-refractivity contribution in [1.82, 2.24) is 4.68 Å². The molecule has 0 radical (unpaired) electrons. The number of rotatable bonds is 6. The van der Waals surface area contributed by atoms with E-state index in [-0.39, 0.29) is 5.41 Å². The van der Waals surface area contributed by atoms with Crippen LogP contribution in [0.2, 0.25) is 0 Å². The molecule has 2 aliphatic rings. The van der Waals surface area contributed by atoms with Crippen LogP contribution in [0, 0.1) is 5.41 Å². The summed E-state index contributed by atoms with van der Waals surface area (Å²) in [6.45, 7) is 4.64. The predicted molar refractivity (Wildman–Crippen MR) is 190 cm³/mol. The number of hydrogen-bond acceptors (Lipinski definition) is 2. The Kier molecular flexibility index (Phi) is 6.42. The van der Waals surface area contributed by atoms with E-state index >= 15 is 0 Å². The standard InChI is InChI=1S/C42H35N3/c1-42(2)37-14-8-6-12-33(37)35-26-36-34-13-7-9-15-40(34)45(41(36)27-38(35)42)44-25-24-39(43)32-22-20-31(21-23-32)30-18-16-29(17-19-30)28-10-4-3-5-11-28/h3-18,20-27,30,43-44H,19H2,1-2H3/b25-24-,43-39?. The zero-order valence-corrected chi connectivity index (χ0v) is 25.6. The van der Waals surface area contributed by atoms with E-state index in [0.717, 1.165) is 23.0 Å². The van der Waals surface area contributed by atoms with Crippen molar-refractivity contribution in [3.05, 3.63) is 174 Å². The molecule has 3 heteroatoms. The van der Waals surface area contributed by atoms with Crippen molar-refractivity contribution in [2.75, 3.05) is 5.43 Å². The van der Waals surface area contributed by atoms with Gasteiger partial charge in [-0.1, -0.05) is 129 Å². The monoisotopic (exact) mass is 581 g/mol. The average Bonchev–Trinajstić information content (AvgIpc) is 3.52. The van der Waals surface area contributed by atoms with E-state index in [1.165, 1.54) is 49.7 Å². The summed E-state index contributed by atoms with van der Waals surface area (Å²) in [4.78, 5) is 0. The lowest BCUT2D eigenvalue weighted by Crippen LogP contribution is -2.15. The maximum Gasteiger partial charge on any atom is 0.0713 e. The van der Waals surface area contributed by atoms with E-state index in [2.05, 4.69) is 157 Å². The molecular weight excluding hydrogens is 546 g/mol. The topological polar surface area (TPSA) is 40.8 Å². The van der Waals surface area contributed by atoms with Crippen molar-refractivity contribution < 1.29 is 0 Å². The van der Waals surface area contributed by atoms with Crippen LogP contribution in [-0.2, 0) is 5.41 Å². The van der Waals surface area contributed by atoms with Gasteiger partial charge < -0.3 is 10.8 Å². The number of fused-ring (bicyclic) bond motifs is 6. The minimum atomic E-state index is -0.0700. The molecular formula is C42H35N3. The van der Waals surface area contributed by atoms with Crippen LogP contribution >= 0.6 is 0 Å². The molecule has 0 saturated heterocycles. The van der Waals surface area contributed by atoms with Gasteiger partial charge in [0.1, 0.15) is 0 Å². The first kappa shape index (κ1) is 27.2. The second-order valence-electron chi connectivity index (χ2n) is 12.7. The number of aromatic nitrogens is 1. The number of allylic oxidation sites excluding steroid dienone is 5. The third kappa shape index (κ3) is 4.55. The summed E-state index contributed by atoms with van der Waals surface area (Å²) in [5.74, 6) is 0.354. The fourth-order valence-electron chi connectivity index (χ4n) is 7.22. The Morgan fingerprint density at radius 2 is 1.53 bits per heavy atom. The molecule has 8 rings (SSSR count). The molecule has 1 aromatic heterocycles. The predicted octanol–water partition coefficient (Wildman–Crippen LogP) is 10.4. The van der Waals surface area contributed by atoms with Gasteiger partial charge in [-0.3, -0.25) is 4.68 Å². The summed E-state index contributed by atoms with van der Waals surface area (Å²) in [6.07, 6.45) is 11.6. The van der Waals surface area contributed by atoms with Gasteiger partial charge >= 0.3 is 0 Å². The second-order valence-corrected chi connectivity index (χ2v) is 12.7. The third-order valence-corrected chi connectivity index (χ3v) is 9.69. The van der Waals surface area contributed by atoms with E-state index < -0.39 is 0 Å². The minimum Gasteiger partial charge on any atom is -0.301 e. The molecule has 218 valence electrons. The molecule has 0 fully saturated rings. The zero-order chi connectivity index (χ0) is 30.5. The fourth-order valence-corrected chi connectivity index (χ4v) is 7.22. The van der Waals surface area contributed by atoms with Crippen LogP contribution in [0.5, 0.6) is 0 Å². The fraction of sp³-hybridized carbons (Fsp3) is 0.119. The number of para-hydroxylation sites is 1. The van der Waals surface area contributed by atoms with Crippen molar-refractivity contribution >= 4 is 33.1 Å². The molecule has 3 nitrogen and oxygen atoms in total. The first-order valence-corrected chi connectivity index (χ1v) is 15.7. The zero-order valence-electron chi connectivity index (χ0n) is 25.6. The maximum absolute atomic E-state index is 8.79. The van der Waals surface area contributed by atoms with Crippen LogP contribution in [0.4, 0.5) is 0 Å². The summed E-state index contributed by atoms with van der Waals surface area (Å²) >= 11 is 0. The smallest absolute Gasteiger partial charge is 0.0713 e. The van der Waals surface area contributed by atoms with Gasteiger partial charge in [-0.2, -0.15) is 0 Å². The molecule has 0 spiro atoms. The lowest BCUT2D eigenvalue weighted by molar-refractivity contribution is 0.661. The summed E-state index contributed by atoms with van der Waals surface area (Å²) < 4.78 is 2.16. The normalized spacial score (nSPS) is 16.6. The first-order valence-electron chi connectivity index (χ1n) is 15.7. The quantitative estimate of drug-likeness (QED) is 0.189. The highest BCUT2D eigenvalue weighted by Gasteiger charge is 2.36. The Morgan fingerprint density at radius 3 is 2.33 bits per heavy atom. The summed E-state index contributed by atoms with van der Waals surface area (Å²) in [7, 11) is 0. The van der Waals surface area contributed by atoms with Crippen molar-refractivity contribution in [1.29, 1.82) is 5.41 Å². The highest BCUT2D eigenvalue weighted by molar-refractivity contribution is 6.11. The highest BCUT2D eigenvalue weighted by Crippen LogP contribution is 2.50. The lowest BCUT2D eigenvalue weighted by atomic mass is 9.82. The van der Waals surface area contributed by atoms with Crippen LogP contribution in [-0.4, -0.2) is 10.4 Å². The van der Waals surface area contributed by atoms with Gasteiger partial charge in [0.15, 0.2) is 0 Å². The van der Waals surface area contributed by atoms with Crippen LogP contribution in [0.1, 0.15) is 54.0 Å². The maximum atomic E-state index is 8.79. The molecule has 45 heavy (non-hydrogen) atoms. The average molecular weight is 582 g/mol. The van der Waals surface area contributed by atoms with Crippen molar-refractivity contribution in [2.24, 2.45) is 0 Å². The molecule has 6 aromatic rings. The molecule has 2 N–H and O–H groups in total. The molecule has 0 amide bonds. The van der Waals surface area contributed by atoms with Crippen molar-refractivity contribution in [3.8, 4) is 11.1 Å². The van der Waals surface area contributed by atoms with Crippen LogP contribution in [0.3, 0.4) is 0 Å². The number of nitrogens with zero attached hydrogens (tertiary/aromatic N) is 1. The Morgan fingerprint density at radius 1 is 0.778 bits per heavy atom. The van der Waals surface area contributed by atoms with E-state index in [0.29, 0.717) is 11.6 Å². The van der Waals surface area contributed by atoms with E-state index in [1.807, 2.05) is 12.3 Å². The summed E-state index contributed by atoms with van der Waals surface area (Å²) in [6, 6.07) is 41.0. The molecule has 0 saturated carbocycles. The lowest BCUT2D eigenvalue weighted by Gasteiger charge is -2.21. The van der Waals surface area contributed by atoms with Gasteiger partial charge in [0.2, 0.25) is 0 Å². The Labute approximate surface area is 264 Å². The van der Waals surface area contributed by atoms with Crippen LogP contribution in [0.15, 0.2) is 146 Å². The molecule has 0 bridgehead atoms. The minimum absolute atomic E-state index is 0.0700.